The highest BCUT2D eigenvalue weighted by atomic mass is 16.2. The van der Waals surface area contributed by atoms with Crippen LogP contribution in [0.1, 0.15) is 12.8 Å². The molecular formula is C12H17N3O. The topological polar surface area (TPSA) is 49.6 Å². The number of nitrogens with zero attached hydrogens (tertiary/aromatic N) is 2. The zero-order valence-corrected chi connectivity index (χ0v) is 9.30. The highest BCUT2D eigenvalue weighted by Crippen LogP contribution is 2.21. The van der Waals surface area contributed by atoms with Gasteiger partial charge in [0.05, 0.1) is 5.69 Å². The Morgan fingerprint density at radius 1 is 1.25 bits per heavy atom. The Hall–Kier alpha value is -1.39. The van der Waals surface area contributed by atoms with Crippen LogP contribution in [-0.4, -0.2) is 30.6 Å². The van der Waals surface area contributed by atoms with Crippen molar-refractivity contribution in [3.05, 3.63) is 30.3 Å². The Balaban J connectivity index is 2.23. The van der Waals surface area contributed by atoms with Crippen LogP contribution in [0.5, 0.6) is 0 Å². The molecule has 0 saturated carbocycles. The first-order valence-electron chi connectivity index (χ1n) is 5.66. The van der Waals surface area contributed by atoms with E-state index in [9.17, 15) is 4.79 Å². The second-order valence-electron chi connectivity index (χ2n) is 3.89. The Labute approximate surface area is 95.6 Å². The number of para-hydroxylation sites is 1. The number of carbonyl (C=O) groups excluding carboxylic acids is 1. The van der Waals surface area contributed by atoms with Gasteiger partial charge < -0.3 is 5.73 Å². The van der Waals surface area contributed by atoms with E-state index in [-0.39, 0.29) is 5.91 Å². The number of benzene rings is 1. The van der Waals surface area contributed by atoms with E-state index in [1.54, 1.807) is 5.01 Å². The maximum absolute atomic E-state index is 11.9. The molecule has 4 nitrogen and oxygen atoms in total. The number of carbonyl (C=O) groups is 1. The molecular weight excluding hydrogens is 202 g/mol. The van der Waals surface area contributed by atoms with E-state index >= 15 is 0 Å². The van der Waals surface area contributed by atoms with Crippen molar-refractivity contribution in [2.45, 2.75) is 12.8 Å². The Bertz CT molecular complexity index is 351. The van der Waals surface area contributed by atoms with Crippen molar-refractivity contribution in [3.8, 4) is 0 Å². The summed E-state index contributed by atoms with van der Waals surface area (Å²) >= 11 is 0. The molecule has 1 aromatic carbocycles. The van der Waals surface area contributed by atoms with Crippen molar-refractivity contribution in [2.75, 3.05) is 24.6 Å². The Kier molecular flexibility index (Phi) is 3.54. The molecule has 1 aliphatic rings. The molecule has 0 bridgehead atoms. The largest absolute Gasteiger partial charge is 0.329 e. The number of rotatable bonds is 3. The summed E-state index contributed by atoms with van der Waals surface area (Å²) in [7, 11) is 0. The van der Waals surface area contributed by atoms with Gasteiger partial charge in [-0.05, 0) is 18.6 Å². The maximum Gasteiger partial charge on any atom is 0.241 e. The van der Waals surface area contributed by atoms with Crippen molar-refractivity contribution < 1.29 is 4.79 Å². The molecule has 1 aromatic rings. The summed E-state index contributed by atoms with van der Waals surface area (Å²) in [5.41, 5.74) is 6.50. The van der Waals surface area contributed by atoms with Crippen LogP contribution < -0.4 is 10.7 Å². The lowest BCUT2D eigenvalue weighted by Crippen LogP contribution is -2.52. The van der Waals surface area contributed by atoms with Crippen molar-refractivity contribution in [2.24, 2.45) is 5.73 Å². The summed E-state index contributed by atoms with van der Waals surface area (Å²) < 4.78 is 0. The smallest absolute Gasteiger partial charge is 0.241 e. The molecule has 86 valence electrons. The van der Waals surface area contributed by atoms with Crippen LogP contribution in [0.3, 0.4) is 0 Å². The van der Waals surface area contributed by atoms with E-state index in [0.717, 1.165) is 25.2 Å². The molecule has 1 fully saturated rings. The molecule has 0 aromatic heterocycles. The van der Waals surface area contributed by atoms with Gasteiger partial charge in [-0.15, -0.1) is 0 Å². The lowest BCUT2D eigenvalue weighted by molar-refractivity contribution is -0.123. The van der Waals surface area contributed by atoms with Crippen LogP contribution in [0.4, 0.5) is 5.69 Å². The van der Waals surface area contributed by atoms with Gasteiger partial charge in [0.25, 0.3) is 0 Å². The molecule has 2 rings (SSSR count). The van der Waals surface area contributed by atoms with E-state index in [1.165, 1.54) is 0 Å². The molecule has 0 unspecified atom stereocenters. The van der Waals surface area contributed by atoms with Crippen molar-refractivity contribution in [3.63, 3.8) is 0 Å². The van der Waals surface area contributed by atoms with Gasteiger partial charge in [0.1, 0.15) is 0 Å². The minimum atomic E-state index is 0.158. The normalized spacial score (nSPS) is 17.8. The fourth-order valence-corrected chi connectivity index (χ4v) is 2.01. The Morgan fingerprint density at radius 2 is 2.00 bits per heavy atom. The lowest BCUT2D eigenvalue weighted by atomic mass is 10.2. The molecule has 0 spiro atoms. The summed E-state index contributed by atoms with van der Waals surface area (Å²) in [5.74, 6) is 0.158. The quantitative estimate of drug-likeness (QED) is 0.824. The number of hydrogen-bond acceptors (Lipinski definition) is 3. The van der Waals surface area contributed by atoms with Gasteiger partial charge in [-0.1, -0.05) is 18.2 Å². The summed E-state index contributed by atoms with van der Waals surface area (Å²) in [6, 6.07) is 9.74. The molecule has 0 radical (unpaired) electrons. The first-order valence-corrected chi connectivity index (χ1v) is 5.66. The molecule has 1 amide bonds. The molecule has 1 aliphatic heterocycles. The van der Waals surface area contributed by atoms with Crippen molar-refractivity contribution >= 4 is 11.6 Å². The molecule has 0 atom stereocenters. The zero-order chi connectivity index (χ0) is 11.4. The van der Waals surface area contributed by atoms with Crippen LogP contribution in [0.2, 0.25) is 0 Å². The van der Waals surface area contributed by atoms with Crippen LogP contribution >= 0.6 is 0 Å². The predicted octanol–water partition coefficient (Wildman–Crippen LogP) is 0.989. The summed E-state index contributed by atoms with van der Waals surface area (Å²) in [4.78, 5) is 11.9. The van der Waals surface area contributed by atoms with Crippen LogP contribution in [0.25, 0.3) is 0 Å². The third kappa shape index (κ3) is 2.23. The third-order valence-electron chi connectivity index (χ3n) is 2.71. The highest BCUT2D eigenvalue weighted by Gasteiger charge is 2.26. The highest BCUT2D eigenvalue weighted by molar-refractivity contribution is 5.92. The predicted molar refractivity (Wildman–Crippen MR) is 63.8 cm³/mol. The molecule has 4 heteroatoms. The van der Waals surface area contributed by atoms with Crippen LogP contribution in [0.15, 0.2) is 30.3 Å². The maximum atomic E-state index is 11.9. The van der Waals surface area contributed by atoms with Gasteiger partial charge in [-0.3, -0.25) is 4.79 Å². The van der Waals surface area contributed by atoms with Crippen LogP contribution in [0, 0.1) is 0 Å². The standard InChI is InChI=1S/C12H17N3O/c13-8-10-14-9-4-7-12(16)15(14)11-5-2-1-3-6-11/h1-3,5-6H,4,7-10,13H2. The third-order valence-corrected chi connectivity index (χ3v) is 2.71. The first kappa shape index (κ1) is 11.1. The number of amides is 1. The van der Waals surface area contributed by atoms with Gasteiger partial charge in [0.15, 0.2) is 0 Å². The lowest BCUT2D eigenvalue weighted by Gasteiger charge is -2.38. The summed E-state index contributed by atoms with van der Waals surface area (Å²) in [6.45, 7) is 2.19. The van der Waals surface area contributed by atoms with E-state index in [1.807, 2.05) is 35.3 Å². The average Bonchev–Trinajstić information content (AvgIpc) is 2.31. The van der Waals surface area contributed by atoms with Gasteiger partial charge in [0, 0.05) is 26.1 Å². The monoisotopic (exact) mass is 219 g/mol. The van der Waals surface area contributed by atoms with E-state index in [2.05, 4.69) is 0 Å². The SMILES string of the molecule is NCCN1CCCC(=O)N1c1ccccc1. The van der Waals surface area contributed by atoms with E-state index < -0.39 is 0 Å². The Morgan fingerprint density at radius 3 is 2.69 bits per heavy atom. The van der Waals surface area contributed by atoms with Gasteiger partial charge in [-0.25, -0.2) is 10.0 Å². The summed E-state index contributed by atoms with van der Waals surface area (Å²) in [5, 5.41) is 3.79. The zero-order valence-electron chi connectivity index (χ0n) is 9.30. The molecule has 0 aliphatic carbocycles. The number of hydrazine groups is 1. The molecule has 1 saturated heterocycles. The van der Waals surface area contributed by atoms with Crippen molar-refractivity contribution in [1.82, 2.24) is 5.01 Å². The number of anilines is 1. The van der Waals surface area contributed by atoms with Gasteiger partial charge in [0.2, 0.25) is 5.91 Å². The second kappa shape index (κ2) is 5.09. The molecule has 2 N–H and O–H groups in total. The minimum absolute atomic E-state index is 0.158. The number of hydrogen-bond donors (Lipinski definition) is 1. The average molecular weight is 219 g/mol. The molecule has 16 heavy (non-hydrogen) atoms. The van der Waals surface area contributed by atoms with E-state index in [0.29, 0.717) is 13.0 Å². The first-order chi connectivity index (χ1) is 7.83. The van der Waals surface area contributed by atoms with Crippen LogP contribution in [-0.2, 0) is 4.79 Å². The number of nitrogens with two attached hydrogens (primary N) is 1. The minimum Gasteiger partial charge on any atom is -0.329 e. The van der Waals surface area contributed by atoms with E-state index in [4.69, 9.17) is 5.73 Å². The van der Waals surface area contributed by atoms with Crippen molar-refractivity contribution in [1.29, 1.82) is 0 Å². The van der Waals surface area contributed by atoms with Gasteiger partial charge in [-0.2, -0.15) is 0 Å². The summed E-state index contributed by atoms with van der Waals surface area (Å²) in [6.07, 6.45) is 1.54. The fourth-order valence-electron chi connectivity index (χ4n) is 2.01. The fraction of sp³-hybridized carbons (Fsp3) is 0.417. The second-order valence-corrected chi connectivity index (χ2v) is 3.89. The van der Waals surface area contributed by atoms with Gasteiger partial charge >= 0.3 is 0 Å². The molecule has 1 heterocycles.